The summed E-state index contributed by atoms with van der Waals surface area (Å²) in [7, 11) is 0. The summed E-state index contributed by atoms with van der Waals surface area (Å²) in [6.45, 7) is 0. The van der Waals surface area contributed by atoms with Crippen LogP contribution in [0, 0.1) is 0 Å². The Morgan fingerprint density at radius 2 is 2.20 bits per heavy atom. The Kier molecular flexibility index (Phi) is 6.90. The molecular weight excluding hydrogens is 175 g/mol. The third kappa shape index (κ3) is 3.73. The van der Waals surface area contributed by atoms with Crippen LogP contribution in [0.1, 0.15) is 19.3 Å². The van der Waals surface area contributed by atoms with E-state index in [4.69, 9.17) is 0 Å². The topological polar surface area (TPSA) is 40.1 Å². The molecule has 0 aromatic carbocycles. The maximum atomic E-state index is 10.2. The van der Waals surface area contributed by atoms with Crippen molar-refractivity contribution in [2.24, 2.45) is 0 Å². The van der Waals surface area contributed by atoms with Gasteiger partial charge in [0.15, 0.2) is 0 Å². The summed E-state index contributed by atoms with van der Waals surface area (Å²) in [6, 6.07) is 0. The van der Waals surface area contributed by atoms with Crippen LogP contribution in [0.25, 0.3) is 0 Å². The number of carboxylic acid groups (broad SMARTS) is 1. The Labute approximate surface area is 108 Å². The second-order valence-electron chi connectivity index (χ2n) is 2.17. The summed E-state index contributed by atoms with van der Waals surface area (Å²) in [5.74, 6) is 0.0956. The summed E-state index contributed by atoms with van der Waals surface area (Å²) in [4.78, 5) is 10.2. The van der Waals surface area contributed by atoms with Gasteiger partial charge in [0.2, 0.25) is 0 Å². The molecule has 0 amide bonds. The SMILES string of the molecule is O=C([O-])C1CCCCS1.[K+]. The average molecular weight is 184 g/mol. The molecule has 0 aromatic heterocycles. The first-order chi connectivity index (χ1) is 4.30. The fourth-order valence-electron chi connectivity index (χ4n) is 0.927. The van der Waals surface area contributed by atoms with E-state index >= 15 is 0 Å². The van der Waals surface area contributed by atoms with Crippen LogP contribution in [0.3, 0.4) is 0 Å². The van der Waals surface area contributed by atoms with Crippen LogP contribution in [0.2, 0.25) is 0 Å². The van der Waals surface area contributed by atoms with Crippen molar-refractivity contribution in [1.29, 1.82) is 0 Å². The van der Waals surface area contributed by atoms with Crippen LogP contribution >= 0.6 is 11.8 Å². The van der Waals surface area contributed by atoms with E-state index in [1.165, 1.54) is 11.8 Å². The molecule has 0 aromatic rings. The minimum atomic E-state index is -0.889. The first kappa shape index (κ1) is 11.5. The van der Waals surface area contributed by atoms with Gasteiger partial charge in [0, 0.05) is 5.25 Å². The Morgan fingerprint density at radius 3 is 2.50 bits per heavy atom. The average Bonchev–Trinajstić information content (AvgIpc) is 1.90. The molecule has 1 fully saturated rings. The van der Waals surface area contributed by atoms with Gasteiger partial charge in [-0.3, -0.25) is 0 Å². The van der Waals surface area contributed by atoms with Crippen molar-refractivity contribution in [1.82, 2.24) is 0 Å². The van der Waals surface area contributed by atoms with E-state index in [0.29, 0.717) is 0 Å². The van der Waals surface area contributed by atoms with Gasteiger partial charge < -0.3 is 9.90 Å². The number of hydrogen-bond donors (Lipinski definition) is 0. The smallest absolute Gasteiger partial charge is 0.549 e. The quantitative estimate of drug-likeness (QED) is 0.409. The number of carbonyl (C=O) groups excluding carboxylic acids is 1. The van der Waals surface area contributed by atoms with Gasteiger partial charge in [-0.2, -0.15) is 11.8 Å². The van der Waals surface area contributed by atoms with E-state index in [-0.39, 0.29) is 56.6 Å². The zero-order chi connectivity index (χ0) is 6.69. The zero-order valence-corrected chi connectivity index (χ0v) is 10.1. The van der Waals surface area contributed by atoms with Crippen molar-refractivity contribution in [3.05, 3.63) is 0 Å². The molecule has 4 heteroatoms. The molecule has 2 nitrogen and oxygen atoms in total. The molecular formula is C6H9KO2S. The first-order valence-electron chi connectivity index (χ1n) is 3.13. The molecule has 1 rings (SSSR count). The van der Waals surface area contributed by atoms with E-state index in [1.807, 2.05) is 0 Å². The van der Waals surface area contributed by atoms with Crippen LogP contribution in [0.5, 0.6) is 0 Å². The number of aliphatic carboxylic acids is 1. The molecule has 52 valence electrons. The third-order valence-corrected chi connectivity index (χ3v) is 2.80. The van der Waals surface area contributed by atoms with Gasteiger partial charge >= 0.3 is 51.4 Å². The molecule has 0 saturated carbocycles. The molecule has 0 N–H and O–H groups in total. The van der Waals surface area contributed by atoms with E-state index < -0.39 is 5.97 Å². The monoisotopic (exact) mass is 184 g/mol. The molecule has 0 radical (unpaired) electrons. The molecule has 1 unspecified atom stereocenters. The van der Waals surface area contributed by atoms with Crippen LogP contribution < -0.4 is 56.5 Å². The second kappa shape index (κ2) is 6.03. The molecule has 1 aliphatic rings. The van der Waals surface area contributed by atoms with Crippen molar-refractivity contribution in [2.75, 3.05) is 5.75 Å². The van der Waals surface area contributed by atoms with E-state index in [0.717, 1.165) is 25.0 Å². The van der Waals surface area contributed by atoms with Crippen LogP contribution in [0.15, 0.2) is 0 Å². The summed E-state index contributed by atoms with van der Waals surface area (Å²) < 4.78 is 0. The summed E-state index contributed by atoms with van der Waals surface area (Å²) in [6.07, 6.45) is 3.01. The summed E-state index contributed by atoms with van der Waals surface area (Å²) >= 11 is 1.51. The number of carbonyl (C=O) groups is 1. The first-order valence-corrected chi connectivity index (χ1v) is 4.18. The Morgan fingerprint density at radius 1 is 1.50 bits per heavy atom. The van der Waals surface area contributed by atoms with E-state index in [2.05, 4.69) is 0 Å². The van der Waals surface area contributed by atoms with Crippen molar-refractivity contribution < 1.29 is 61.3 Å². The molecule has 10 heavy (non-hydrogen) atoms. The minimum absolute atomic E-state index is 0. The zero-order valence-electron chi connectivity index (χ0n) is 6.13. The fourth-order valence-corrected chi connectivity index (χ4v) is 2.05. The molecule has 1 saturated heterocycles. The van der Waals surface area contributed by atoms with Crippen molar-refractivity contribution in [3.63, 3.8) is 0 Å². The van der Waals surface area contributed by atoms with Crippen molar-refractivity contribution in [2.45, 2.75) is 24.5 Å². The minimum Gasteiger partial charge on any atom is -0.549 e. The van der Waals surface area contributed by atoms with Crippen LogP contribution in [-0.2, 0) is 4.79 Å². The standard InChI is InChI=1S/C6H10O2S.K/c7-6(8)5-3-1-2-4-9-5;/h5H,1-4H2,(H,7,8);/q;+1/p-1. The van der Waals surface area contributed by atoms with Gasteiger partial charge in [-0.25, -0.2) is 0 Å². The predicted octanol–water partition coefficient (Wildman–Crippen LogP) is -2.97. The number of thioether (sulfide) groups is 1. The summed E-state index contributed by atoms with van der Waals surface area (Å²) in [5.41, 5.74) is 0. The maximum Gasteiger partial charge on any atom is 1.00 e. The molecule has 0 spiro atoms. The fraction of sp³-hybridized carbons (Fsp3) is 0.833. The van der Waals surface area contributed by atoms with Crippen LogP contribution in [0.4, 0.5) is 0 Å². The van der Waals surface area contributed by atoms with Gasteiger partial charge in [0.1, 0.15) is 0 Å². The molecule has 0 bridgehead atoms. The maximum absolute atomic E-state index is 10.2. The molecule has 1 aliphatic heterocycles. The third-order valence-electron chi connectivity index (χ3n) is 1.44. The van der Waals surface area contributed by atoms with Gasteiger partial charge in [-0.15, -0.1) is 0 Å². The van der Waals surface area contributed by atoms with Crippen molar-refractivity contribution in [3.8, 4) is 0 Å². The second-order valence-corrected chi connectivity index (χ2v) is 3.48. The number of hydrogen-bond acceptors (Lipinski definition) is 3. The summed E-state index contributed by atoms with van der Waals surface area (Å²) in [5, 5.41) is 10.00. The molecule has 1 heterocycles. The Balaban J connectivity index is 0.000000810. The molecule has 1 atom stereocenters. The normalized spacial score (nSPS) is 25.0. The number of carboxylic acids is 1. The van der Waals surface area contributed by atoms with E-state index in [1.54, 1.807) is 0 Å². The van der Waals surface area contributed by atoms with Gasteiger partial charge in [0.25, 0.3) is 0 Å². The molecule has 0 aliphatic carbocycles. The Hall–Kier alpha value is 1.46. The largest absolute Gasteiger partial charge is 1.00 e. The van der Waals surface area contributed by atoms with Crippen molar-refractivity contribution >= 4 is 17.7 Å². The van der Waals surface area contributed by atoms with Gasteiger partial charge in [0.05, 0.1) is 5.97 Å². The Bertz CT molecular complexity index is 112. The number of rotatable bonds is 1. The van der Waals surface area contributed by atoms with Crippen LogP contribution in [-0.4, -0.2) is 17.0 Å². The predicted molar refractivity (Wildman–Crippen MR) is 35.1 cm³/mol. The van der Waals surface area contributed by atoms with Gasteiger partial charge in [-0.05, 0) is 18.6 Å². The van der Waals surface area contributed by atoms with Gasteiger partial charge in [-0.1, -0.05) is 6.42 Å². The van der Waals surface area contributed by atoms with E-state index in [9.17, 15) is 9.90 Å².